The molecule has 0 saturated heterocycles. The van der Waals surface area contributed by atoms with E-state index >= 15 is 0 Å². The number of amides is 1. The summed E-state index contributed by atoms with van der Waals surface area (Å²) in [6, 6.07) is 15.0. The van der Waals surface area contributed by atoms with Gasteiger partial charge >= 0.3 is 0 Å². The molecule has 0 fully saturated rings. The van der Waals surface area contributed by atoms with Crippen molar-refractivity contribution in [3.8, 4) is 5.75 Å². The highest BCUT2D eigenvalue weighted by Crippen LogP contribution is 2.36. The molecule has 0 radical (unpaired) electrons. The van der Waals surface area contributed by atoms with Gasteiger partial charge in [0.05, 0.1) is 18.4 Å². The van der Waals surface area contributed by atoms with Gasteiger partial charge in [0.2, 0.25) is 0 Å². The Balaban J connectivity index is 1.78. The van der Waals surface area contributed by atoms with Gasteiger partial charge < -0.3 is 14.5 Å². The van der Waals surface area contributed by atoms with Crippen molar-refractivity contribution in [3.63, 3.8) is 0 Å². The Bertz CT molecular complexity index is 1120. The third-order valence-corrected chi connectivity index (χ3v) is 4.87. The number of carbonyl (C=O) groups excluding carboxylic acids is 1. The minimum Gasteiger partial charge on any atom is -0.495 e. The number of hydrogen-bond acceptors (Lipinski definition) is 5. The van der Waals surface area contributed by atoms with Crippen LogP contribution in [0.3, 0.4) is 0 Å². The van der Waals surface area contributed by atoms with Crippen LogP contribution >= 0.6 is 11.8 Å². The van der Waals surface area contributed by atoms with Gasteiger partial charge in [0, 0.05) is 23.0 Å². The van der Waals surface area contributed by atoms with Gasteiger partial charge in [-0.3, -0.25) is 4.79 Å². The largest absolute Gasteiger partial charge is 0.495 e. The van der Waals surface area contributed by atoms with Gasteiger partial charge in [-0.2, -0.15) is 0 Å². The van der Waals surface area contributed by atoms with Gasteiger partial charge in [-0.05, 0) is 30.5 Å². The number of methoxy groups -OCH3 is 1. The second kappa shape index (κ2) is 6.72. The minimum absolute atomic E-state index is 0.240. The van der Waals surface area contributed by atoms with E-state index in [2.05, 4.69) is 10.3 Å². The molecule has 0 aliphatic carbocycles. The molecule has 0 aliphatic rings. The molecule has 1 amide bonds. The van der Waals surface area contributed by atoms with E-state index in [9.17, 15) is 4.79 Å². The van der Waals surface area contributed by atoms with Gasteiger partial charge in [0.1, 0.15) is 21.9 Å². The molecule has 0 spiro atoms. The van der Waals surface area contributed by atoms with E-state index in [1.807, 2.05) is 36.6 Å². The predicted octanol–water partition coefficient (Wildman–Crippen LogP) is 4.96. The van der Waals surface area contributed by atoms with Crippen LogP contribution < -0.4 is 10.1 Å². The maximum Gasteiger partial charge on any atom is 0.258 e. The molecule has 5 nitrogen and oxygen atoms in total. The smallest absolute Gasteiger partial charge is 0.258 e. The summed E-state index contributed by atoms with van der Waals surface area (Å²) in [5.41, 5.74) is 2.57. The molecule has 0 saturated carbocycles. The molecule has 2 aromatic carbocycles. The van der Waals surface area contributed by atoms with E-state index < -0.39 is 0 Å². The van der Waals surface area contributed by atoms with Crippen molar-refractivity contribution < 1.29 is 13.9 Å². The van der Waals surface area contributed by atoms with Crippen LogP contribution in [0.1, 0.15) is 10.4 Å². The van der Waals surface area contributed by atoms with Crippen LogP contribution in [0, 0.1) is 0 Å². The summed E-state index contributed by atoms with van der Waals surface area (Å²) in [5, 5.41) is 5.54. The van der Waals surface area contributed by atoms with Crippen molar-refractivity contribution >= 4 is 45.3 Å². The van der Waals surface area contributed by atoms with Gasteiger partial charge in [-0.25, -0.2) is 4.98 Å². The average molecular weight is 364 g/mol. The zero-order valence-electron chi connectivity index (χ0n) is 14.3. The molecule has 2 aromatic heterocycles. The highest BCUT2D eigenvalue weighted by Gasteiger charge is 2.17. The summed E-state index contributed by atoms with van der Waals surface area (Å²) < 4.78 is 11.4. The molecule has 1 N–H and O–H groups in total. The van der Waals surface area contributed by atoms with Gasteiger partial charge in [0.15, 0.2) is 0 Å². The van der Waals surface area contributed by atoms with E-state index in [0.29, 0.717) is 27.6 Å². The van der Waals surface area contributed by atoms with Crippen molar-refractivity contribution in [2.75, 3.05) is 18.7 Å². The average Bonchev–Trinajstić information content (AvgIpc) is 3.04. The van der Waals surface area contributed by atoms with Crippen LogP contribution in [0.2, 0.25) is 0 Å². The normalized spacial score (nSPS) is 11.0. The number of carbonyl (C=O) groups is 1. The molecular weight excluding hydrogens is 348 g/mol. The van der Waals surface area contributed by atoms with E-state index in [0.717, 1.165) is 16.4 Å². The molecule has 130 valence electrons. The molecule has 4 aromatic rings. The number of para-hydroxylation sites is 1. The third-order valence-electron chi connectivity index (χ3n) is 4.16. The lowest BCUT2D eigenvalue weighted by Crippen LogP contribution is -2.14. The first-order valence-corrected chi connectivity index (χ1v) is 9.23. The summed E-state index contributed by atoms with van der Waals surface area (Å²) in [6.45, 7) is 0. The topological polar surface area (TPSA) is 64.4 Å². The Kier molecular flexibility index (Phi) is 4.26. The van der Waals surface area contributed by atoms with E-state index in [4.69, 9.17) is 9.15 Å². The van der Waals surface area contributed by atoms with Crippen LogP contribution in [0.5, 0.6) is 5.75 Å². The number of aromatic nitrogens is 1. The summed E-state index contributed by atoms with van der Waals surface area (Å²) in [7, 11) is 1.58. The molecule has 6 heteroatoms. The Morgan fingerprint density at radius 2 is 1.96 bits per heavy atom. The summed E-state index contributed by atoms with van der Waals surface area (Å²) in [6.07, 6.45) is 3.56. The fraction of sp³-hybridized carbons (Fsp3) is 0.100. The lowest BCUT2D eigenvalue weighted by Gasteiger charge is -2.11. The summed E-state index contributed by atoms with van der Waals surface area (Å²) in [5.74, 6) is 0.336. The highest BCUT2D eigenvalue weighted by atomic mass is 32.2. The fourth-order valence-corrected chi connectivity index (χ4v) is 3.48. The van der Waals surface area contributed by atoms with Crippen molar-refractivity contribution in [1.82, 2.24) is 4.98 Å². The van der Waals surface area contributed by atoms with Crippen molar-refractivity contribution in [2.24, 2.45) is 0 Å². The number of hydrogen-bond donors (Lipinski definition) is 1. The Morgan fingerprint density at radius 3 is 2.77 bits per heavy atom. The number of pyridine rings is 1. The fourth-order valence-electron chi connectivity index (χ4n) is 2.93. The first kappa shape index (κ1) is 16.5. The van der Waals surface area contributed by atoms with Gasteiger partial charge in [0.25, 0.3) is 5.91 Å². The van der Waals surface area contributed by atoms with Crippen LogP contribution in [-0.4, -0.2) is 24.3 Å². The Morgan fingerprint density at radius 1 is 1.12 bits per heavy atom. The number of nitrogens with one attached hydrogen (secondary N) is 1. The first-order chi connectivity index (χ1) is 12.7. The zero-order valence-corrected chi connectivity index (χ0v) is 15.1. The number of thioether (sulfide) groups is 1. The van der Waals surface area contributed by atoms with Crippen LogP contribution in [-0.2, 0) is 0 Å². The third kappa shape index (κ3) is 2.78. The van der Waals surface area contributed by atoms with Gasteiger partial charge in [-0.15, -0.1) is 11.8 Å². The van der Waals surface area contributed by atoms with Gasteiger partial charge in [-0.1, -0.05) is 18.2 Å². The molecule has 2 heterocycles. The van der Waals surface area contributed by atoms with E-state index in [-0.39, 0.29) is 5.91 Å². The molecule has 26 heavy (non-hydrogen) atoms. The lowest BCUT2D eigenvalue weighted by atomic mass is 10.1. The molecule has 0 bridgehead atoms. The highest BCUT2D eigenvalue weighted by molar-refractivity contribution is 7.98. The van der Waals surface area contributed by atoms with Crippen LogP contribution in [0.25, 0.3) is 21.9 Å². The minimum atomic E-state index is -0.240. The number of benzene rings is 2. The number of anilines is 1. The summed E-state index contributed by atoms with van der Waals surface area (Å²) >= 11 is 1.43. The predicted molar refractivity (Wildman–Crippen MR) is 104 cm³/mol. The van der Waals surface area contributed by atoms with Crippen molar-refractivity contribution in [1.29, 1.82) is 0 Å². The number of fused-ring (bicyclic) bond motifs is 3. The number of ether oxygens (including phenoxy) is 1. The Labute approximate surface area is 154 Å². The first-order valence-electron chi connectivity index (χ1n) is 8.01. The SMILES string of the molecule is COc1cc2c(cc1NC(=O)c1cccnc1SC)oc1ccccc12. The van der Waals surface area contributed by atoms with Crippen LogP contribution in [0.4, 0.5) is 5.69 Å². The lowest BCUT2D eigenvalue weighted by molar-refractivity contribution is 0.102. The monoisotopic (exact) mass is 364 g/mol. The van der Waals surface area contributed by atoms with Crippen molar-refractivity contribution in [2.45, 2.75) is 5.03 Å². The molecule has 0 atom stereocenters. The number of rotatable bonds is 4. The van der Waals surface area contributed by atoms with Crippen molar-refractivity contribution in [3.05, 3.63) is 60.3 Å². The van der Waals surface area contributed by atoms with Crippen LogP contribution in [0.15, 0.2) is 64.2 Å². The second-order valence-electron chi connectivity index (χ2n) is 5.66. The molecule has 0 unspecified atom stereocenters. The number of furan rings is 1. The summed E-state index contributed by atoms with van der Waals surface area (Å²) in [4.78, 5) is 17.0. The second-order valence-corrected chi connectivity index (χ2v) is 6.46. The molecular formula is C20H16N2O3S. The zero-order chi connectivity index (χ0) is 18.1. The Hall–Kier alpha value is -2.99. The maximum absolute atomic E-state index is 12.7. The molecule has 0 aliphatic heterocycles. The standard InChI is InChI=1S/C20H16N2O3S/c1-24-18-10-14-12-6-3-4-8-16(12)25-17(14)11-15(18)22-19(23)13-7-5-9-21-20(13)26-2/h3-11H,1-2H3,(H,22,23). The maximum atomic E-state index is 12.7. The number of nitrogens with zero attached hydrogens (tertiary/aromatic N) is 1. The quantitative estimate of drug-likeness (QED) is 0.518. The van der Waals surface area contributed by atoms with E-state index in [1.165, 1.54) is 11.8 Å². The molecule has 4 rings (SSSR count). The van der Waals surface area contributed by atoms with E-state index in [1.54, 1.807) is 31.5 Å².